The van der Waals surface area contributed by atoms with Crippen molar-refractivity contribution in [3.63, 3.8) is 0 Å². The van der Waals surface area contributed by atoms with Crippen LogP contribution in [0.1, 0.15) is 15.9 Å². The van der Waals surface area contributed by atoms with Gasteiger partial charge in [0.1, 0.15) is 18.1 Å². The Morgan fingerprint density at radius 3 is 2.65 bits per heavy atom. The minimum atomic E-state index is -1.02. The highest BCUT2D eigenvalue weighted by molar-refractivity contribution is 6.30. The van der Waals surface area contributed by atoms with Gasteiger partial charge < -0.3 is 14.6 Å². The van der Waals surface area contributed by atoms with Crippen LogP contribution < -0.4 is 9.47 Å². The summed E-state index contributed by atoms with van der Waals surface area (Å²) in [4.78, 5) is 11.2. The fourth-order valence-corrected chi connectivity index (χ4v) is 2.00. The number of ether oxygens (including phenoxy) is 2. The molecule has 0 aliphatic heterocycles. The monoisotopic (exact) mass is 292 g/mol. The Labute approximate surface area is 121 Å². The molecule has 2 rings (SSSR count). The van der Waals surface area contributed by atoms with E-state index >= 15 is 0 Å². The van der Waals surface area contributed by atoms with E-state index in [2.05, 4.69) is 0 Å². The van der Waals surface area contributed by atoms with Crippen molar-refractivity contribution in [3.8, 4) is 11.5 Å². The van der Waals surface area contributed by atoms with E-state index in [4.69, 9.17) is 21.1 Å². The number of benzene rings is 2. The van der Waals surface area contributed by atoms with Crippen LogP contribution in [0.5, 0.6) is 11.5 Å². The van der Waals surface area contributed by atoms with Crippen LogP contribution in [0.4, 0.5) is 0 Å². The summed E-state index contributed by atoms with van der Waals surface area (Å²) in [6.07, 6.45) is 0. The van der Waals surface area contributed by atoms with Crippen LogP contribution in [0.3, 0.4) is 0 Å². The molecule has 0 unspecified atom stereocenters. The molecule has 5 heteroatoms. The summed E-state index contributed by atoms with van der Waals surface area (Å²) in [5.74, 6) is 0.0280. The number of methoxy groups -OCH3 is 1. The predicted octanol–water partition coefficient (Wildman–Crippen LogP) is 3.63. The molecule has 0 radical (unpaired) electrons. The maximum absolute atomic E-state index is 11.2. The van der Waals surface area contributed by atoms with E-state index in [-0.39, 0.29) is 12.2 Å². The zero-order valence-electron chi connectivity index (χ0n) is 10.8. The van der Waals surface area contributed by atoms with Gasteiger partial charge >= 0.3 is 5.97 Å². The lowest BCUT2D eigenvalue weighted by Crippen LogP contribution is -2.07. The second-order valence-electron chi connectivity index (χ2n) is 4.04. The highest BCUT2D eigenvalue weighted by Crippen LogP contribution is 2.25. The van der Waals surface area contributed by atoms with E-state index in [1.807, 2.05) is 0 Å². The molecule has 4 nitrogen and oxygen atoms in total. The molecule has 104 valence electrons. The van der Waals surface area contributed by atoms with E-state index in [1.165, 1.54) is 13.2 Å². The number of carboxylic acid groups (broad SMARTS) is 1. The number of carboxylic acids is 1. The summed E-state index contributed by atoms with van der Waals surface area (Å²) < 4.78 is 10.8. The Hall–Kier alpha value is -2.20. The first-order chi connectivity index (χ1) is 9.61. The third kappa shape index (κ3) is 3.22. The summed E-state index contributed by atoms with van der Waals surface area (Å²) in [6.45, 7) is 0.0893. The molecule has 0 aliphatic carbocycles. The molecule has 2 aromatic carbocycles. The second-order valence-corrected chi connectivity index (χ2v) is 4.47. The Morgan fingerprint density at radius 1 is 1.25 bits per heavy atom. The number of hydrogen-bond donors (Lipinski definition) is 1. The highest BCUT2D eigenvalue weighted by atomic mass is 35.5. The van der Waals surface area contributed by atoms with E-state index in [0.717, 1.165) is 0 Å². The van der Waals surface area contributed by atoms with Crippen molar-refractivity contribution in [2.24, 2.45) is 0 Å². The SMILES string of the molecule is COc1cccc(C(=O)O)c1COc1cccc(Cl)c1. The lowest BCUT2D eigenvalue weighted by atomic mass is 10.1. The van der Waals surface area contributed by atoms with E-state index in [1.54, 1.807) is 36.4 Å². The molecule has 0 atom stereocenters. The van der Waals surface area contributed by atoms with Gasteiger partial charge in [0, 0.05) is 10.6 Å². The van der Waals surface area contributed by atoms with Gasteiger partial charge in [0.05, 0.1) is 12.7 Å². The minimum absolute atomic E-state index is 0.0893. The van der Waals surface area contributed by atoms with Crippen molar-refractivity contribution in [3.05, 3.63) is 58.6 Å². The second kappa shape index (κ2) is 6.30. The minimum Gasteiger partial charge on any atom is -0.496 e. The van der Waals surface area contributed by atoms with Crippen LogP contribution in [0.2, 0.25) is 5.02 Å². The first kappa shape index (κ1) is 14.2. The summed E-state index contributed by atoms with van der Waals surface area (Å²) in [5.41, 5.74) is 0.647. The Bertz CT molecular complexity index is 625. The van der Waals surface area contributed by atoms with Crippen LogP contribution in [0.15, 0.2) is 42.5 Å². The largest absolute Gasteiger partial charge is 0.496 e. The molecule has 0 aromatic heterocycles. The maximum atomic E-state index is 11.2. The first-order valence-electron chi connectivity index (χ1n) is 5.89. The van der Waals surface area contributed by atoms with Gasteiger partial charge in [0.15, 0.2) is 0 Å². The molecule has 0 aliphatic rings. The van der Waals surface area contributed by atoms with Gasteiger partial charge in [0.25, 0.3) is 0 Å². The zero-order chi connectivity index (χ0) is 14.5. The van der Waals surface area contributed by atoms with Crippen LogP contribution in [-0.4, -0.2) is 18.2 Å². The molecule has 2 aromatic rings. The average Bonchev–Trinajstić information content (AvgIpc) is 2.44. The summed E-state index contributed by atoms with van der Waals surface area (Å²) in [5, 5.41) is 9.75. The molecule has 20 heavy (non-hydrogen) atoms. The van der Waals surface area contributed by atoms with Crippen molar-refractivity contribution in [2.45, 2.75) is 6.61 Å². The lowest BCUT2D eigenvalue weighted by Gasteiger charge is -2.13. The number of rotatable bonds is 5. The van der Waals surface area contributed by atoms with Crippen LogP contribution in [-0.2, 0) is 6.61 Å². The number of carbonyl (C=O) groups is 1. The van der Waals surface area contributed by atoms with Gasteiger partial charge in [-0.1, -0.05) is 23.7 Å². The Morgan fingerprint density at radius 2 is 2.00 bits per heavy atom. The van der Waals surface area contributed by atoms with Crippen LogP contribution >= 0.6 is 11.6 Å². The fourth-order valence-electron chi connectivity index (χ4n) is 1.82. The third-order valence-electron chi connectivity index (χ3n) is 2.76. The average molecular weight is 293 g/mol. The third-order valence-corrected chi connectivity index (χ3v) is 3.00. The van der Waals surface area contributed by atoms with E-state index < -0.39 is 5.97 Å². The molecule has 0 saturated heterocycles. The number of hydrogen-bond acceptors (Lipinski definition) is 3. The van der Waals surface area contributed by atoms with Gasteiger partial charge in [-0.05, 0) is 30.3 Å². The van der Waals surface area contributed by atoms with Crippen molar-refractivity contribution in [1.82, 2.24) is 0 Å². The molecular formula is C15H13ClO4. The van der Waals surface area contributed by atoms with Crippen molar-refractivity contribution >= 4 is 17.6 Å². The summed E-state index contributed by atoms with van der Waals surface area (Å²) in [7, 11) is 1.49. The van der Waals surface area contributed by atoms with Gasteiger partial charge in [-0.2, -0.15) is 0 Å². The Balaban J connectivity index is 2.26. The molecule has 1 N–H and O–H groups in total. The van der Waals surface area contributed by atoms with Crippen molar-refractivity contribution in [2.75, 3.05) is 7.11 Å². The van der Waals surface area contributed by atoms with Gasteiger partial charge in [0.2, 0.25) is 0 Å². The van der Waals surface area contributed by atoms with Gasteiger partial charge in [-0.15, -0.1) is 0 Å². The standard InChI is InChI=1S/C15H13ClO4/c1-19-14-7-3-6-12(15(17)18)13(14)9-20-11-5-2-4-10(16)8-11/h2-8H,9H2,1H3,(H,17,18). The van der Waals surface area contributed by atoms with Crippen LogP contribution in [0, 0.1) is 0 Å². The van der Waals surface area contributed by atoms with Gasteiger partial charge in [-0.3, -0.25) is 0 Å². The zero-order valence-corrected chi connectivity index (χ0v) is 11.6. The number of aromatic carboxylic acids is 1. The quantitative estimate of drug-likeness (QED) is 0.914. The fraction of sp³-hybridized carbons (Fsp3) is 0.133. The van der Waals surface area contributed by atoms with Crippen molar-refractivity contribution < 1.29 is 19.4 Å². The van der Waals surface area contributed by atoms with E-state index in [0.29, 0.717) is 22.1 Å². The highest BCUT2D eigenvalue weighted by Gasteiger charge is 2.15. The first-order valence-corrected chi connectivity index (χ1v) is 6.27. The lowest BCUT2D eigenvalue weighted by molar-refractivity contribution is 0.0693. The molecule has 0 spiro atoms. The summed E-state index contributed by atoms with van der Waals surface area (Å²) >= 11 is 5.87. The Kier molecular flexibility index (Phi) is 4.48. The van der Waals surface area contributed by atoms with Crippen LogP contribution in [0.25, 0.3) is 0 Å². The maximum Gasteiger partial charge on any atom is 0.336 e. The van der Waals surface area contributed by atoms with Crippen molar-refractivity contribution in [1.29, 1.82) is 0 Å². The molecule has 0 fully saturated rings. The van der Waals surface area contributed by atoms with E-state index in [9.17, 15) is 9.90 Å². The summed E-state index contributed by atoms with van der Waals surface area (Å²) in [6, 6.07) is 11.8. The smallest absolute Gasteiger partial charge is 0.336 e. The topological polar surface area (TPSA) is 55.8 Å². The normalized spacial score (nSPS) is 10.1. The molecule has 0 amide bonds. The molecular weight excluding hydrogens is 280 g/mol. The predicted molar refractivity (Wildman–Crippen MR) is 75.7 cm³/mol. The molecule has 0 bridgehead atoms. The molecule has 0 heterocycles. The molecule has 0 saturated carbocycles. The van der Waals surface area contributed by atoms with Gasteiger partial charge in [-0.25, -0.2) is 4.79 Å². The number of halogens is 1.